The molecule has 0 radical (unpaired) electrons. The normalized spacial score (nSPS) is 10.2. The lowest BCUT2D eigenvalue weighted by molar-refractivity contribution is -0.114. The minimum Gasteiger partial charge on any atom is -0.326 e. The molecule has 2 aromatic carbocycles. The van der Waals surface area contributed by atoms with E-state index in [-0.39, 0.29) is 11.8 Å². The van der Waals surface area contributed by atoms with Crippen molar-refractivity contribution in [1.29, 1.82) is 0 Å². The SMILES string of the molecule is CC(=O)Nc1cccc(NC(=O)CSCc2cccc(Br)c2)c1. The number of rotatable bonds is 6. The lowest BCUT2D eigenvalue weighted by atomic mass is 10.2. The van der Waals surface area contributed by atoms with Crippen LogP contribution in [0.3, 0.4) is 0 Å². The molecular formula is C17H17BrN2O2S. The highest BCUT2D eigenvalue weighted by Crippen LogP contribution is 2.18. The van der Waals surface area contributed by atoms with Crippen molar-refractivity contribution in [2.45, 2.75) is 12.7 Å². The highest BCUT2D eigenvalue weighted by Gasteiger charge is 2.04. The topological polar surface area (TPSA) is 58.2 Å². The summed E-state index contributed by atoms with van der Waals surface area (Å²) in [5, 5.41) is 5.52. The van der Waals surface area contributed by atoms with Gasteiger partial charge in [0.25, 0.3) is 0 Å². The fourth-order valence-electron chi connectivity index (χ4n) is 1.96. The Bertz CT molecular complexity index is 706. The minimum absolute atomic E-state index is 0.0648. The summed E-state index contributed by atoms with van der Waals surface area (Å²) in [7, 11) is 0. The van der Waals surface area contributed by atoms with Crippen molar-refractivity contribution in [2.75, 3.05) is 16.4 Å². The Morgan fingerprint density at radius 2 is 1.74 bits per heavy atom. The summed E-state index contributed by atoms with van der Waals surface area (Å²) >= 11 is 4.99. The predicted octanol–water partition coefficient (Wildman–Crippen LogP) is 4.28. The van der Waals surface area contributed by atoms with E-state index in [0.717, 1.165) is 10.2 Å². The Hall–Kier alpha value is -1.79. The van der Waals surface area contributed by atoms with Gasteiger partial charge in [-0.1, -0.05) is 34.1 Å². The summed E-state index contributed by atoms with van der Waals surface area (Å²) in [6, 6.07) is 15.1. The Balaban J connectivity index is 1.81. The van der Waals surface area contributed by atoms with E-state index in [1.165, 1.54) is 12.5 Å². The monoisotopic (exact) mass is 392 g/mol. The zero-order valence-electron chi connectivity index (χ0n) is 12.6. The molecule has 2 aromatic rings. The molecule has 6 heteroatoms. The minimum atomic E-state index is -0.141. The van der Waals surface area contributed by atoms with Gasteiger partial charge in [-0.2, -0.15) is 0 Å². The third kappa shape index (κ3) is 6.46. The number of nitrogens with one attached hydrogen (secondary N) is 2. The first-order valence-electron chi connectivity index (χ1n) is 7.02. The number of anilines is 2. The predicted molar refractivity (Wildman–Crippen MR) is 99.7 cm³/mol. The second-order valence-corrected chi connectivity index (χ2v) is 6.83. The maximum Gasteiger partial charge on any atom is 0.234 e. The van der Waals surface area contributed by atoms with E-state index >= 15 is 0 Å². The molecule has 0 unspecified atom stereocenters. The molecule has 0 saturated heterocycles. The number of hydrogen-bond donors (Lipinski definition) is 2. The van der Waals surface area contributed by atoms with Crippen LogP contribution in [0, 0.1) is 0 Å². The van der Waals surface area contributed by atoms with Crippen molar-refractivity contribution in [3.63, 3.8) is 0 Å². The average Bonchev–Trinajstić information content (AvgIpc) is 2.47. The van der Waals surface area contributed by atoms with E-state index in [4.69, 9.17) is 0 Å². The van der Waals surface area contributed by atoms with Gasteiger partial charge < -0.3 is 10.6 Å². The first-order chi connectivity index (χ1) is 11.0. The summed E-state index contributed by atoms with van der Waals surface area (Å²) in [5.41, 5.74) is 2.51. The molecule has 0 spiro atoms. The molecule has 0 bridgehead atoms. The Morgan fingerprint density at radius 1 is 1.04 bits per heavy atom. The van der Waals surface area contributed by atoms with Crippen molar-refractivity contribution in [2.24, 2.45) is 0 Å². The molecule has 0 aliphatic heterocycles. The van der Waals surface area contributed by atoms with E-state index < -0.39 is 0 Å². The number of carbonyl (C=O) groups is 2. The molecule has 0 atom stereocenters. The molecule has 0 heterocycles. The van der Waals surface area contributed by atoms with E-state index in [2.05, 4.69) is 26.6 Å². The van der Waals surface area contributed by atoms with Gasteiger partial charge >= 0.3 is 0 Å². The van der Waals surface area contributed by atoms with Crippen LogP contribution in [0.1, 0.15) is 12.5 Å². The van der Waals surface area contributed by atoms with Crippen LogP contribution >= 0.6 is 27.7 Å². The van der Waals surface area contributed by atoms with Crippen LogP contribution in [0.5, 0.6) is 0 Å². The number of hydrogen-bond acceptors (Lipinski definition) is 3. The molecule has 2 N–H and O–H groups in total. The van der Waals surface area contributed by atoms with Crippen LogP contribution in [-0.4, -0.2) is 17.6 Å². The van der Waals surface area contributed by atoms with Crippen LogP contribution in [0.2, 0.25) is 0 Å². The lowest BCUT2D eigenvalue weighted by Gasteiger charge is -2.08. The third-order valence-electron chi connectivity index (χ3n) is 2.86. The molecule has 23 heavy (non-hydrogen) atoms. The van der Waals surface area contributed by atoms with Crippen molar-refractivity contribution in [3.8, 4) is 0 Å². The quantitative estimate of drug-likeness (QED) is 0.770. The standard InChI is InChI=1S/C17H17BrN2O2S/c1-12(21)19-15-6-3-7-16(9-15)20-17(22)11-23-10-13-4-2-5-14(18)8-13/h2-9H,10-11H2,1H3,(H,19,21)(H,20,22). The number of benzene rings is 2. The van der Waals surface area contributed by atoms with Gasteiger partial charge in [-0.25, -0.2) is 0 Å². The lowest BCUT2D eigenvalue weighted by Crippen LogP contribution is -2.14. The number of thioether (sulfide) groups is 1. The molecule has 0 aliphatic rings. The van der Waals surface area contributed by atoms with Crippen molar-refractivity contribution in [3.05, 3.63) is 58.6 Å². The van der Waals surface area contributed by atoms with Gasteiger partial charge in [0.1, 0.15) is 0 Å². The van der Waals surface area contributed by atoms with Crippen molar-refractivity contribution < 1.29 is 9.59 Å². The first kappa shape index (κ1) is 17.6. The fraction of sp³-hybridized carbons (Fsp3) is 0.176. The molecule has 120 valence electrons. The smallest absolute Gasteiger partial charge is 0.234 e. The molecule has 0 fully saturated rings. The van der Waals surface area contributed by atoms with Crippen LogP contribution < -0.4 is 10.6 Å². The summed E-state index contributed by atoms with van der Waals surface area (Å²) < 4.78 is 1.04. The molecule has 0 aliphatic carbocycles. The van der Waals surface area contributed by atoms with Gasteiger partial charge in [0, 0.05) is 28.5 Å². The second-order valence-electron chi connectivity index (χ2n) is 4.93. The largest absolute Gasteiger partial charge is 0.326 e. The highest BCUT2D eigenvalue weighted by atomic mass is 79.9. The van der Waals surface area contributed by atoms with Gasteiger partial charge in [0.15, 0.2) is 0 Å². The van der Waals surface area contributed by atoms with Crippen LogP contribution in [0.4, 0.5) is 11.4 Å². The van der Waals surface area contributed by atoms with Gasteiger partial charge in [0.2, 0.25) is 11.8 Å². The van der Waals surface area contributed by atoms with E-state index in [1.54, 1.807) is 36.0 Å². The fourth-order valence-corrected chi connectivity index (χ4v) is 3.18. The summed E-state index contributed by atoms with van der Waals surface area (Å²) in [4.78, 5) is 23.0. The molecule has 0 aromatic heterocycles. The third-order valence-corrected chi connectivity index (χ3v) is 4.35. The zero-order chi connectivity index (χ0) is 16.7. The molecule has 2 rings (SSSR count). The molecule has 2 amide bonds. The van der Waals surface area contributed by atoms with Gasteiger partial charge in [-0.15, -0.1) is 11.8 Å². The number of carbonyl (C=O) groups excluding carboxylic acids is 2. The summed E-state index contributed by atoms with van der Waals surface area (Å²) in [5.74, 6) is 0.943. The van der Waals surface area contributed by atoms with E-state index in [0.29, 0.717) is 17.1 Å². The second kappa shape index (κ2) is 8.74. The highest BCUT2D eigenvalue weighted by molar-refractivity contribution is 9.10. The first-order valence-corrected chi connectivity index (χ1v) is 8.97. The van der Waals surface area contributed by atoms with Crippen LogP contribution in [-0.2, 0) is 15.3 Å². The van der Waals surface area contributed by atoms with Gasteiger partial charge in [0.05, 0.1) is 5.75 Å². The Kier molecular flexibility index (Phi) is 6.67. The zero-order valence-corrected chi connectivity index (χ0v) is 15.0. The molecular weight excluding hydrogens is 376 g/mol. The van der Waals surface area contributed by atoms with E-state index in [1.807, 2.05) is 24.3 Å². The van der Waals surface area contributed by atoms with Crippen molar-refractivity contribution in [1.82, 2.24) is 0 Å². The van der Waals surface area contributed by atoms with Gasteiger partial charge in [-0.3, -0.25) is 9.59 Å². The van der Waals surface area contributed by atoms with Crippen molar-refractivity contribution >= 4 is 50.9 Å². The van der Waals surface area contributed by atoms with Crippen LogP contribution in [0.25, 0.3) is 0 Å². The van der Waals surface area contributed by atoms with E-state index in [9.17, 15) is 9.59 Å². The maximum atomic E-state index is 12.0. The number of halogens is 1. The maximum absolute atomic E-state index is 12.0. The summed E-state index contributed by atoms with van der Waals surface area (Å²) in [6.07, 6.45) is 0. The van der Waals surface area contributed by atoms with Crippen LogP contribution in [0.15, 0.2) is 53.0 Å². The molecule has 4 nitrogen and oxygen atoms in total. The Morgan fingerprint density at radius 3 is 2.43 bits per heavy atom. The average molecular weight is 393 g/mol. The Labute approximate surface area is 148 Å². The van der Waals surface area contributed by atoms with Gasteiger partial charge in [-0.05, 0) is 35.9 Å². The summed E-state index contributed by atoms with van der Waals surface area (Å²) in [6.45, 7) is 1.45. The number of amides is 2. The molecule has 0 saturated carbocycles.